The number of benzene rings is 3. The van der Waals surface area contributed by atoms with E-state index in [2.05, 4.69) is 21.8 Å². The Hall–Kier alpha value is -2.51. The number of rotatable bonds is 7. The van der Waals surface area contributed by atoms with Crippen molar-refractivity contribution in [2.75, 3.05) is 26.3 Å². The van der Waals surface area contributed by atoms with Gasteiger partial charge in [-0.3, -0.25) is 4.90 Å². The van der Waals surface area contributed by atoms with E-state index in [1.165, 1.54) is 0 Å². The Morgan fingerprint density at radius 2 is 1.35 bits per heavy atom. The van der Waals surface area contributed by atoms with Crippen molar-refractivity contribution >= 4 is 10.0 Å². The van der Waals surface area contributed by atoms with E-state index in [0.717, 1.165) is 29.8 Å². The molecule has 0 saturated carbocycles. The second-order valence-corrected chi connectivity index (χ2v) is 9.54. The summed E-state index contributed by atoms with van der Waals surface area (Å²) in [6.07, 6.45) is 0. The Labute approximate surface area is 184 Å². The van der Waals surface area contributed by atoms with Gasteiger partial charge in [-0.15, -0.1) is 0 Å². The first-order chi connectivity index (χ1) is 15.0. The molecule has 1 fully saturated rings. The minimum atomic E-state index is -3.72. The Morgan fingerprint density at radius 3 is 1.94 bits per heavy atom. The maximum Gasteiger partial charge on any atom is 0.241 e. The van der Waals surface area contributed by atoms with Gasteiger partial charge in [0.1, 0.15) is 0 Å². The van der Waals surface area contributed by atoms with Crippen molar-refractivity contribution in [3.63, 3.8) is 0 Å². The molecule has 0 spiro atoms. The molecule has 3 aromatic carbocycles. The molecule has 0 amide bonds. The van der Waals surface area contributed by atoms with Crippen molar-refractivity contribution in [2.24, 2.45) is 0 Å². The van der Waals surface area contributed by atoms with Crippen LogP contribution in [0.5, 0.6) is 0 Å². The summed E-state index contributed by atoms with van der Waals surface area (Å²) < 4.78 is 35.4. The van der Waals surface area contributed by atoms with E-state index in [9.17, 15) is 8.42 Å². The summed E-state index contributed by atoms with van der Waals surface area (Å²) in [4.78, 5) is 2.58. The van der Waals surface area contributed by atoms with Gasteiger partial charge in [-0.25, -0.2) is 13.1 Å². The summed E-state index contributed by atoms with van der Waals surface area (Å²) in [5, 5.41) is 0. The van der Waals surface area contributed by atoms with Gasteiger partial charge in [0, 0.05) is 13.1 Å². The Balaban J connectivity index is 1.78. The molecular weight excluding hydrogens is 408 g/mol. The molecule has 0 radical (unpaired) electrons. The van der Waals surface area contributed by atoms with Crippen LogP contribution < -0.4 is 4.72 Å². The zero-order valence-corrected chi connectivity index (χ0v) is 18.5. The maximum atomic E-state index is 13.4. The fourth-order valence-electron chi connectivity index (χ4n) is 4.05. The number of nitrogens with one attached hydrogen (secondary N) is 1. The normalized spacial score (nSPS) is 17.2. The highest BCUT2D eigenvalue weighted by Crippen LogP contribution is 2.36. The third kappa shape index (κ3) is 5.22. The lowest BCUT2D eigenvalue weighted by molar-refractivity contribution is 0.00880. The Morgan fingerprint density at radius 1 is 0.806 bits per heavy atom. The van der Waals surface area contributed by atoms with Crippen molar-refractivity contribution in [1.29, 1.82) is 0 Å². The summed E-state index contributed by atoms with van der Waals surface area (Å²) in [7, 11) is -3.72. The molecule has 0 bridgehead atoms. The summed E-state index contributed by atoms with van der Waals surface area (Å²) in [6.45, 7) is 4.70. The number of sulfonamides is 1. The van der Waals surface area contributed by atoms with Crippen LogP contribution in [0.4, 0.5) is 0 Å². The van der Waals surface area contributed by atoms with Gasteiger partial charge in [0.25, 0.3) is 0 Å². The third-order valence-corrected chi connectivity index (χ3v) is 7.12. The molecule has 5 nitrogen and oxygen atoms in total. The van der Waals surface area contributed by atoms with E-state index in [1.54, 1.807) is 12.1 Å². The van der Waals surface area contributed by atoms with Crippen molar-refractivity contribution in [3.05, 3.63) is 102 Å². The lowest BCUT2D eigenvalue weighted by Crippen LogP contribution is -2.45. The van der Waals surface area contributed by atoms with E-state index in [4.69, 9.17) is 4.74 Å². The quantitative estimate of drug-likeness (QED) is 0.606. The highest BCUT2D eigenvalue weighted by atomic mass is 32.2. The van der Waals surface area contributed by atoms with Crippen LogP contribution in [-0.2, 0) is 14.8 Å². The molecule has 4 rings (SSSR count). The van der Waals surface area contributed by atoms with Crippen LogP contribution in [0.15, 0.2) is 89.8 Å². The van der Waals surface area contributed by atoms with E-state index in [1.807, 2.05) is 67.6 Å². The van der Waals surface area contributed by atoms with Crippen LogP contribution in [0.2, 0.25) is 0 Å². The minimum Gasteiger partial charge on any atom is -0.379 e. The highest BCUT2D eigenvalue weighted by molar-refractivity contribution is 7.89. The van der Waals surface area contributed by atoms with Crippen LogP contribution >= 0.6 is 0 Å². The van der Waals surface area contributed by atoms with Crippen molar-refractivity contribution in [2.45, 2.75) is 23.9 Å². The molecule has 1 aliphatic rings. The number of nitrogens with zero attached hydrogens (tertiary/aromatic N) is 1. The standard InChI is InChI=1S/C25H28N2O3S/c1-20-12-14-23(15-13-20)31(28,29)26-24(21-8-4-2-5-9-21)25(22-10-6-3-7-11-22)27-16-18-30-19-17-27/h2-15,24-26H,16-19H2,1H3/t24-,25-/m1/s1. The molecule has 162 valence electrons. The first-order valence-electron chi connectivity index (χ1n) is 10.6. The van der Waals surface area contributed by atoms with Gasteiger partial charge < -0.3 is 4.74 Å². The zero-order chi connectivity index (χ0) is 21.7. The topological polar surface area (TPSA) is 58.6 Å². The van der Waals surface area contributed by atoms with Crippen LogP contribution in [-0.4, -0.2) is 39.6 Å². The molecule has 31 heavy (non-hydrogen) atoms. The average molecular weight is 437 g/mol. The van der Waals surface area contributed by atoms with Crippen molar-refractivity contribution in [1.82, 2.24) is 9.62 Å². The summed E-state index contributed by atoms with van der Waals surface area (Å²) in [5.41, 5.74) is 3.03. The molecule has 0 aliphatic carbocycles. The number of hydrogen-bond acceptors (Lipinski definition) is 4. The van der Waals surface area contributed by atoms with Crippen LogP contribution in [0.25, 0.3) is 0 Å². The van der Waals surface area contributed by atoms with E-state index in [-0.39, 0.29) is 10.9 Å². The van der Waals surface area contributed by atoms with Gasteiger partial charge in [0.2, 0.25) is 10.0 Å². The van der Waals surface area contributed by atoms with Crippen LogP contribution in [0, 0.1) is 6.92 Å². The predicted octanol–water partition coefficient (Wildman–Crippen LogP) is 4.09. The first-order valence-corrected chi connectivity index (χ1v) is 12.0. The Kier molecular flexibility index (Phi) is 6.83. The summed E-state index contributed by atoms with van der Waals surface area (Å²) in [5.74, 6) is 0. The van der Waals surface area contributed by atoms with E-state index >= 15 is 0 Å². The fourth-order valence-corrected chi connectivity index (χ4v) is 5.28. The third-order valence-electron chi connectivity index (χ3n) is 5.67. The van der Waals surface area contributed by atoms with Crippen LogP contribution in [0.1, 0.15) is 28.8 Å². The van der Waals surface area contributed by atoms with E-state index < -0.39 is 16.1 Å². The van der Waals surface area contributed by atoms with Gasteiger partial charge in [-0.05, 0) is 30.2 Å². The summed E-state index contributed by atoms with van der Waals surface area (Å²) in [6, 6.07) is 26.3. The molecule has 6 heteroatoms. The molecule has 3 aromatic rings. The second-order valence-electron chi connectivity index (χ2n) is 7.83. The predicted molar refractivity (Wildman–Crippen MR) is 122 cm³/mol. The number of aryl methyl sites for hydroxylation is 1. The maximum absolute atomic E-state index is 13.4. The highest BCUT2D eigenvalue weighted by Gasteiger charge is 2.34. The van der Waals surface area contributed by atoms with Crippen molar-refractivity contribution in [3.8, 4) is 0 Å². The molecule has 0 unspecified atom stereocenters. The van der Waals surface area contributed by atoms with Gasteiger partial charge >= 0.3 is 0 Å². The monoisotopic (exact) mass is 436 g/mol. The largest absolute Gasteiger partial charge is 0.379 e. The lowest BCUT2D eigenvalue weighted by Gasteiger charge is -2.39. The van der Waals surface area contributed by atoms with Gasteiger partial charge in [0.15, 0.2) is 0 Å². The fraction of sp³-hybridized carbons (Fsp3) is 0.280. The molecular formula is C25H28N2O3S. The number of morpholine rings is 1. The molecule has 1 aliphatic heterocycles. The molecule has 0 aromatic heterocycles. The summed E-state index contributed by atoms with van der Waals surface area (Å²) >= 11 is 0. The second kappa shape index (κ2) is 9.75. The SMILES string of the molecule is Cc1ccc(S(=O)(=O)N[C@H](c2ccccc2)[C@@H](c2ccccc2)N2CCOCC2)cc1. The molecule has 1 N–H and O–H groups in total. The van der Waals surface area contributed by atoms with Crippen molar-refractivity contribution < 1.29 is 13.2 Å². The van der Waals surface area contributed by atoms with Gasteiger partial charge in [-0.1, -0.05) is 78.4 Å². The molecule has 1 heterocycles. The smallest absolute Gasteiger partial charge is 0.241 e. The van der Waals surface area contributed by atoms with E-state index in [0.29, 0.717) is 13.2 Å². The Bertz CT molecular complexity index is 1060. The molecule has 1 saturated heterocycles. The molecule has 2 atom stereocenters. The average Bonchev–Trinajstić information content (AvgIpc) is 2.81. The number of ether oxygens (including phenoxy) is 1. The van der Waals surface area contributed by atoms with Gasteiger partial charge in [0.05, 0.1) is 30.2 Å². The lowest BCUT2D eigenvalue weighted by atomic mass is 9.92. The first kappa shape index (κ1) is 21.7. The number of hydrogen-bond donors (Lipinski definition) is 1. The zero-order valence-electron chi connectivity index (χ0n) is 17.6. The minimum absolute atomic E-state index is 0.160. The van der Waals surface area contributed by atoms with Crippen LogP contribution in [0.3, 0.4) is 0 Å². The van der Waals surface area contributed by atoms with Gasteiger partial charge in [-0.2, -0.15) is 0 Å².